The fraction of sp³-hybridized carbons (Fsp3) is 0.588. The van der Waals surface area contributed by atoms with E-state index < -0.39 is 6.10 Å². The molecule has 3 rings (SSSR count). The fourth-order valence-corrected chi connectivity index (χ4v) is 2.97. The maximum Gasteiger partial charge on any atom is 0.260 e. The number of nitrogens with zero attached hydrogens (tertiary/aromatic N) is 1. The smallest absolute Gasteiger partial charge is 0.260 e. The summed E-state index contributed by atoms with van der Waals surface area (Å²) in [5.41, 5.74) is 0. The highest BCUT2D eigenvalue weighted by atomic mass is 19.1. The molecule has 1 heterocycles. The summed E-state index contributed by atoms with van der Waals surface area (Å²) in [5.74, 6) is -0.113. The molecule has 1 amide bonds. The van der Waals surface area contributed by atoms with E-state index in [1.54, 1.807) is 19.1 Å². The van der Waals surface area contributed by atoms with Gasteiger partial charge in [0.05, 0.1) is 0 Å². The van der Waals surface area contributed by atoms with Crippen LogP contribution in [-0.4, -0.2) is 42.1 Å². The Labute approximate surface area is 130 Å². The van der Waals surface area contributed by atoms with Gasteiger partial charge in [-0.25, -0.2) is 4.39 Å². The Morgan fingerprint density at radius 1 is 1.32 bits per heavy atom. The van der Waals surface area contributed by atoms with Gasteiger partial charge in [0.2, 0.25) is 0 Å². The normalized spacial score (nSPS) is 21.4. The summed E-state index contributed by atoms with van der Waals surface area (Å²) < 4.78 is 18.6. The minimum absolute atomic E-state index is 0.130. The molecule has 1 aliphatic heterocycles. The van der Waals surface area contributed by atoms with Crippen LogP contribution in [-0.2, 0) is 4.79 Å². The predicted octanol–water partition coefficient (Wildman–Crippen LogP) is 2.34. The molecule has 0 aromatic heterocycles. The van der Waals surface area contributed by atoms with Crippen molar-refractivity contribution in [3.05, 3.63) is 30.1 Å². The average molecular weight is 306 g/mol. The van der Waals surface area contributed by atoms with Crippen molar-refractivity contribution in [2.75, 3.05) is 13.1 Å². The fourth-order valence-electron chi connectivity index (χ4n) is 2.97. The van der Waals surface area contributed by atoms with Crippen LogP contribution in [0.5, 0.6) is 5.75 Å². The zero-order valence-electron chi connectivity index (χ0n) is 12.9. The molecule has 2 fully saturated rings. The van der Waals surface area contributed by atoms with Crippen molar-refractivity contribution in [2.24, 2.45) is 0 Å². The topological polar surface area (TPSA) is 41.6 Å². The molecule has 1 saturated heterocycles. The molecular weight excluding hydrogens is 283 g/mol. The number of hydrogen-bond donors (Lipinski definition) is 1. The van der Waals surface area contributed by atoms with Crippen molar-refractivity contribution >= 4 is 5.91 Å². The highest BCUT2D eigenvalue weighted by Gasteiger charge is 2.32. The zero-order valence-corrected chi connectivity index (χ0v) is 12.9. The van der Waals surface area contributed by atoms with Crippen LogP contribution >= 0.6 is 0 Å². The molecule has 0 spiro atoms. The Morgan fingerprint density at radius 3 is 2.68 bits per heavy atom. The van der Waals surface area contributed by atoms with E-state index in [1.807, 2.05) is 0 Å². The van der Waals surface area contributed by atoms with Crippen molar-refractivity contribution in [1.29, 1.82) is 0 Å². The average Bonchev–Trinajstić information content (AvgIpc) is 3.32. The van der Waals surface area contributed by atoms with Crippen LogP contribution < -0.4 is 10.1 Å². The number of ether oxygens (including phenoxy) is 1. The van der Waals surface area contributed by atoms with E-state index in [2.05, 4.69) is 10.2 Å². The lowest BCUT2D eigenvalue weighted by molar-refractivity contribution is -0.128. The summed E-state index contributed by atoms with van der Waals surface area (Å²) in [6.45, 7) is 3.82. The molecule has 1 aliphatic carbocycles. The van der Waals surface area contributed by atoms with Gasteiger partial charge in [-0.1, -0.05) is 6.07 Å². The molecule has 120 valence electrons. The van der Waals surface area contributed by atoms with Crippen LogP contribution in [0.15, 0.2) is 24.3 Å². The van der Waals surface area contributed by atoms with Crippen LogP contribution in [0, 0.1) is 5.82 Å². The van der Waals surface area contributed by atoms with Crippen LogP contribution in [0.3, 0.4) is 0 Å². The van der Waals surface area contributed by atoms with Crippen molar-refractivity contribution < 1.29 is 13.9 Å². The first-order valence-corrected chi connectivity index (χ1v) is 8.08. The number of carbonyl (C=O) groups is 1. The van der Waals surface area contributed by atoms with Gasteiger partial charge in [-0.15, -0.1) is 0 Å². The molecule has 4 nitrogen and oxygen atoms in total. The number of amides is 1. The molecule has 1 aromatic rings. The van der Waals surface area contributed by atoms with Crippen LogP contribution in [0.25, 0.3) is 0 Å². The first kappa shape index (κ1) is 15.3. The second kappa shape index (κ2) is 6.65. The summed E-state index contributed by atoms with van der Waals surface area (Å²) in [7, 11) is 0. The Kier molecular flexibility index (Phi) is 4.62. The van der Waals surface area contributed by atoms with Gasteiger partial charge >= 0.3 is 0 Å². The van der Waals surface area contributed by atoms with E-state index >= 15 is 0 Å². The van der Waals surface area contributed by atoms with E-state index in [-0.39, 0.29) is 17.8 Å². The molecule has 22 heavy (non-hydrogen) atoms. The number of piperidine rings is 1. The monoisotopic (exact) mass is 306 g/mol. The molecular formula is C17H23FN2O2. The molecule has 2 aliphatic rings. The van der Waals surface area contributed by atoms with Crippen molar-refractivity contribution in [3.63, 3.8) is 0 Å². The second-order valence-electron chi connectivity index (χ2n) is 6.27. The Hall–Kier alpha value is -1.62. The van der Waals surface area contributed by atoms with Gasteiger partial charge in [0.25, 0.3) is 5.91 Å². The molecule has 1 atom stereocenters. The van der Waals surface area contributed by atoms with Crippen LogP contribution in [0.1, 0.15) is 32.6 Å². The third-order valence-electron chi connectivity index (χ3n) is 4.42. The summed E-state index contributed by atoms with van der Waals surface area (Å²) in [4.78, 5) is 14.7. The second-order valence-corrected chi connectivity index (χ2v) is 6.27. The molecule has 0 radical (unpaired) electrons. The minimum Gasteiger partial charge on any atom is -0.481 e. The number of halogens is 1. The molecule has 1 unspecified atom stereocenters. The maximum absolute atomic E-state index is 13.1. The van der Waals surface area contributed by atoms with Crippen molar-refractivity contribution in [1.82, 2.24) is 10.2 Å². The number of benzene rings is 1. The highest BCUT2D eigenvalue weighted by molar-refractivity contribution is 5.81. The van der Waals surface area contributed by atoms with E-state index in [1.165, 1.54) is 25.0 Å². The van der Waals surface area contributed by atoms with E-state index in [4.69, 9.17) is 4.74 Å². The van der Waals surface area contributed by atoms with Gasteiger partial charge in [0.15, 0.2) is 6.10 Å². The summed E-state index contributed by atoms with van der Waals surface area (Å²) in [6, 6.07) is 6.89. The summed E-state index contributed by atoms with van der Waals surface area (Å²) >= 11 is 0. The Balaban J connectivity index is 1.45. The zero-order chi connectivity index (χ0) is 15.5. The van der Waals surface area contributed by atoms with Crippen LogP contribution in [0.4, 0.5) is 4.39 Å². The number of hydrogen-bond acceptors (Lipinski definition) is 3. The maximum atomic E-state index is 13.1. The van der Waals surface area contributed by atoms with E-state index in [9.17, 15) is 9.18 Å². The first-order chi connectivity index (χ1) is 10.6. The number of carbonyl (C=O) groups excluding carboxylic acids is 1. The lowest BCUT2D eigenvalue weighted by Crippen LogP contribution is -2.48. The van der Waals surface area contributed by atoms with Crippen molar-refractivity contribution in [3.8, 4) is 5.75 Å². The predicted molar refractivity (Wildman–Crippen MR) is 82.2 cm³/mol. The number of likely N-dealkylation sites (tertiary alicyclic amines) is 1. The van der Waals surface area contributed by atoms with Gasteiger partial charge in [0.1, 0.15) is 11.6 Å². The standard InChI is InChI=1S/C17H23FN2O2/c1-12(22-16-4-2-3-13(18)11-16)17(21)19-14-7-9-20(10-8-14)15-5-6-15/h2-4,11-12,14-15H,5-10H2,1H3,(H,19,21). The molecule has 1 aromatic carbocycles. The first-order valence-electron chi connectivity index (χ1n) is 8.08. The van der Waals surface area contributed by atoms with Crippen LogP contribution in [0.2, 0.25) is 0 Å². The lowest BCUT2D eigenvalue weighted by Gasteiger charge is -2.32. The van der Waals surface area contributed by atoms with Gasteiger partial charge in [0, 0.05) is 31.2 Å². The highest BCUT2D eigenvalue weighted by Crippen LogP contribution is 2.29. The van der Waals surface area contributed by atoms with Crippen molar-refractivity contribution in [2.45, 2.75) is 50.8 Å². The third kappa shape index (κ3) is 3.97. The molecule has 1 N–H and O–H groups in total. The van der Waals surface area contributed by atoms with Gasteiger partial charge < -0.3 is 15.0 Å². The number of rotatable bonds is 5. The largest absolute Gasteiger partial charge is 0.481 e. The minimum atomic E-state index is -0.622. The number of nitrogens with one attached hydrogen (secondary N) is 1. The Morgan fingerprint density at radius 2 is 2.05 bits per heavy atom. The van der Waals surface area contributed by atoms with E-state index in [0.717, 1.165) is 32.0 Å². The van der Waals surface area contributed by atoms with Gasteiger partial charge in [-0.05, 0) is 44.7 Å². The molecule has 0 bridgehead atoms. The molecule has 1 saturated carbocycles. The summed E-state index contributed by atoms with van der Waals surface area (Å²) in [6.07, 6.45) is 4.03. The molecule has 5 heteroatoms. The lowest BCUT2D eigenvalue weighted by atomic mass is 10.0. The summed E-state index contributed by atoms with van der Waals surface area (Å²) in [5, 5.41) is 3.05. The van der Waals surface area contributed by atoms with Gasteiger partial charge in [-0.2, -0.15) is 0 Å². The SMILES string of the molecule is CC(Oc1cccc(F)c1)C(=O)NC1CCN(C2CC2)CC1. The quantitative estimate of drug-likeness (QED) is 0.908. The third-order valence-corrected chi connectivity index (χ3v) is 4.42. The van der Waals surface area contributed by atoms with E-state index in [0.29, 0.717) is 5.75 Å². The van der Waals surface area contributed by atoms with Gasteiger partial charge in [-0.3, -0.25) is 4.79 Å². The Bertz CT molecular complexity index is 525.